The van der Waals surface area contributed by atoms with Crippen molar-refractivity contribution in [2.45, 2.75) is 72.4 Å². The van der Waals surface area contributed by atoms with E-state index < -0.39 is 0 Å². The Hall–Kier alpha value is -1.28. The highest BCUT2D eigenvalue weighted by atomic mass is 16.3. The molecule has 0 saturated heterocycles. The summed E-state index contributed by atoms with van der Waals surface area (Å²) in [5.74, 6) is 0. The molecule has 0 spiro atoms. The lowest BCUT2D eigenvalue weighted by Crippen LogP contribution is -2.34. The van der Waals surface area contributed by atoms with Crippen LogP contribution in [-0.4, -0.2) is 5.54 Å². The maximum absolute atomic E-state index is 5.93. The van der Waals surface area contributed by atoms with Crippen LogP contribution in [0.5, 0.6) is 0 Å². The molecule has 0 aliphatic carbocycles. The predicted molar refractivity (Wildman–Crippen MR) is 90.9 cm³/mol. The number of benzene rings is 1. The van der Waals surface area contributed by atoms with Gasteiger partial charge in [-0.25, -0.2) is 0 Å². The Labute approximate surface area is 128 Å². The Balaban J connectivity index is 2.51. The third-order valence-corrected chi connectivity index (χ3v) is 3.84. The molecular weight excluding hydrogens is 258 g/mol. The fourth-order valence-electron chi connectivity index (χ4n) is 2.51. The zero-order chi connectivity index (χ0) is 15.8. The van der Waals surface area contributed by atoms with Crippen LogP contribution in [0.15, 0.2) is 22.8 Å². The zero-order valence-electron chi connectivity index (χ0n) is 14.6. The summed E-state index contributed by atoms with van der Waals surface area (Å²) < 4.78 is 5.93. The maximum Gasteiger partial charge on any atom is 0.137 e. The standard InChI is InChI=1S/C19H29NO/c1-8-13-9-15-14(11-20-19(5,6)7)12-21-17(15)16(10-13)18(2,3)4/h9-10,12,20H,8,11H2,1-7H3. The van der Waals surface area contributed by atoms with Gasteiger partial charge in [0.15, 0.2) is 0 Å². The third kappa shape index (κ3) is 3.68. The van der Waals surface area contributed by atoms with Gasteiger partial charge < -0.3 is 9.73 Å². The van der Waals surface area contributed by atoms with Crippen LogP contribution < -0.4 is 5.32 Å². The van der Waals surface area contributed by atoms with E-state index in [1.54, 1.807) is 0 Å². The van der Waals surface area contributed by atoms with Crippen molar-refractivity contribution in [3.63, 3.8) is 0 Å². The molecule has 0 bridgehead atoms. The van der Waals surface area contributed by atoms with Crippen molar-refractivity contribution in [2.24, 2.45) is 0 Å². The lowest BCUT2D eigenvalue weighted by molar-refractivity contribution is 0.423. The molecule has 0 unspecified atom stereocenters. The van der Waals surface area contributed by atoms with Crippen LogP contribution in [0, 0.1) is 0 Å². The van der Waals surface area contributed by atoms with E-state index in [-0.39, 0.29) is 11.0 Å². The number of aryl methyl sites for hydroxylation is 1. The van der Waals surface area contributed by atoms with Crippen molar-refractivity contribution in [1.29, 1.82) is 0 Å². The van der Waals surface area contributed by atoms with E-state index in [1.807, 2.05) is 6.26 Å². The molecule has 0 aliphatic rings. The van der Waals surface area contributed by atoms with E-state index in [0.29, 0.717) is 0 Å². The number of fused-ring (bicyclic) bond motifs is 1. The van der Waals surface area contributed by atoms with Gasteiger partial charge in [-0.1, -0.05) is 33.8 Å². The van der Waals surface area contributed by atoms with Crippen LogP contribution in [0.1, 0.15) is 65.2 Å². The molecule has 2 heteroatoms. The van der Waals surface area contributed by atoms with Crippen molar-refractivity contribution in [1.82, 2.24) is 5.32 Å². The predicted octanol–water partition coefficient (Wildman–Crippen LogP) is 5.18. The van der Waals surface area contributed by atoms with E-state index in [4.69, 9.17) is 4.42 Å². The lowest BCUT2D eigenvalue weighted by atomic mass is 9.84. The molecule has 0 atom stereocenters. The average molecular weight is 287 g/mol. The Bertz CT molecular complexity index is 623. The van der Waals surface area contributed by atoms with Crippen molar-refractivity contribution >= 4 is 11.0 Å². The summed E-state index contributed by atoms with van der Waals surface area (Å²) >= 11 is 0. The maximum atomic E-state index is 5.93. The third-order valence-electron chi connectivity index (χ3n) is 3.84. The molecule has 0 radical (unpaired) electrons. The van der Waals surface area contributed by atoms with E-state index in [9.17, 15) is 0 Å². The van der Waals surface area contributed by atoms with Gasteiger partial charge in [-0.05, 0) is 44.2 Å². The van der Waals surface area contributed by atoms with Crippen LogP contribution in [-0.2, 0) is 18.4 Å². The summed E-state index contributed by atoms with van der Waals surface area (Å²) in [7, 11) is 0. The molecule has 2 rings (SSSR count). The topological polar surface area (TPSA) is 25.2 Å². The zero-order valence-corrected chi connectivity index (χ0v) is 14.6. The van der Waals surface area contributed by atoms with Gasteiger partial charge in [0, 0.05) is 28.6 Å². The molecule has 2 nitrogen and oxygen atoms in total. The second-order valence-electron chi connectivity index (χ2n) is 7.99. The first-order valence-electron chi connectivity index (χ1n) is 7.90. The molecule has 0 amide bonds. The Morgan fingerprint density at radius 1 is 1.05 bits per heavy atom. The molecule has 21 heavy (non-hydrogen) atoms. The summed E-state index contributed by atoms with van der Waals surface area (Å²) in [5, 5.41) is 4.81. The minimum atomic E-state index is 0.0933. The molecule has 1 heterocycles. The van der Waals surface area contributed by atoms with Crippen LogP contribution >= 0.6 is 0 Å². The summed E-state index contributed by atoms with van der Waals surface area (Å²) in [5.41, 5.74) is 5.19. The largest absolute Gasteiger partial charge is 0.464 e. The summed E-state index contributed by atoms with van der Waals surface area (Å²) in [4.78, 5) is 0. The minimum Gasteiger partial charge on any atom is -0.464 e. The molecule has 0 aliphatic heterocycles. The van der Waals surface area contributed by atoms with Crippen molar-refractivity contribution in [3.05, 3.63) is 35.1 Å². The molecule has 2 aromatic rings. The molecular formula is C19H29NO. The normalized spacial score (nSPS) is 13.1. The summed E-state index contributed by atoms with van der Waals surface area (Å²) in [6.07, 6.45) is 2.97. The molecule has 1 aromatic heterocycles. The van der Waals surface area contributed by atoms with Gasteiger partial charge in [0.25, 0.3) is 0 Å². The summed E-state index contributed by atoms with van der Waals surface area (Å²) in [6, 6.07) is 4.58. The number of furan rings is 1. The quantitative estimate of drug-likeness (QED) is 0.841. The van der Waals surface area contributed by atoms with Crippen LogP contribution in [0.3, 0.4) is 0 Å². The SMILES string of the molecule is CCc1cc(C(C)(C)C)c2occ(CNC(C)(C)C)c2c1. The number of hydrogen-bond donors (Lipinski definition) is 1. The van der Waals surface area contributed by atoms with Gasteiger partial charge in [0.2, 0.25) is 0 Å². The number of nitrogens with one attached hydrogen (secondary N) is 1. The molecule has 0 saturated carbocycles. The second-order valence-corrected chi connectivity index (χ2v) is 7.99. The highest BCUT2D eigenvalue weighted by molar-refractivity contribution is 5.85. The van der Waals surface area contributed by atoms with Crippen molar-refractivity contribution in [2.75, 3.05) is 0 Å². The molecule has 1 N–H and O–H groups in total. The second kappa shape index (κ2) is 5.49. The Kier molecular flexibility index (Phi) is 4.21. The molecule has 0 fully saturated rings. The van der Waals surface area contributed by atoms with Crippen molar-refractivity contribution in [3.8, 4) is 0 Å². The molecule has 1 aromatic carbocycles. The van der Waals surface area contributed by atoms with E-state index in [1.165, 1.54) is 22.1 Å². The Morgan fingerprint density at radius 3 is 2.24 bits per heavy atom. The van der Waals surface area contributed by atoms with Crippen LogP contribution in [0.2, 0.25) is 0 Å². The van der Waals surface area contributed by atoms with Crippen molar-refractivity contribution < 1.29 is 4.42 Å². The smallest absolute Gasteiger partial charge is 0.137 e. The number of hydrogen-bond acceptors (Lipinski definition) is 2. The number of rotatable bonds is 3. The Morgan fingerprint density at radius 2 is 1.71 bits per heavy atom. The fraction of sp³-hybridized carbons (Fsp3) is 0.579. The molecule has 116 valence electrons. The first kappa shape index (κ1) is 16.1. The van der Waals surface area contributed by atoms with Gasteiger partial charge in [-0.2, -0.15) is 0 Å². The first-order chi connectivity index (χ1) is 9.62. The van der Waals surface area contributed by atoms with Gasteiger partial charge >= 0.3 is 0 Å². The van der Waals surface area contributed by atoms with Gasteiger partial charge in [0.1, 0.15) is 5.58 Å². The minimum absolute atomic E-state index is 0.0933. The van der Waals surface area contributed by atoms with Gasteiger partial charge in [-0.3, -0.25) is 0 Å². The fourth-order valence-corrected chi connectivity index (χ4v) is 2.51. The van der Waals surface area contributed by atoms with Gasteiger partial charge in [-0.15, -0.1) is 0 Å². The summed E-state index contributed by atoms with van der Waals surface area (Å²) in [6.45, 7) is 16.4. The average Bonchev–Trinajstić information content (AvgIpc) is 2.76. The monoisotopic (exact) mass is 287 g/mol. The lowest BCUT2D eigenvalue weighted by Gasteiger charge is -2.21. The van der Waals surface area contributed by atoms with E-state index in [2.05, 4.69) is 65.9 Å². The van der Waals surface area contributed by atoms with E-state index >= 15 is 0 Å². The van der Waals surface area contributed by atoms with Crippen LogP contribution in [0.25, 0.3) is 11.0 Å². The first-order valence-corrected chi connectivity index (χ1v) is 7.90. The van der Waals surface area contributed by atoms with Gasteiger partial charge in [0.05, 0.1) is 6.26 Å². The van der Waals surface area contributed by atoms with E-state index in [0.717, 1.165) is 18.5 Å². The highest BCUT2D eigenvalue weighted by Gasteiger charge is 2.22. The van der Waals surface area contributed by atoms with Crippen LogP contribution in [0.4, 0.5) is 0 Å². The highest BCUT2D eigenvalue weighted by Crippen LogP contribution is 2.34.